The molecule has 1 aliphatic carbocycles. The molecule has 1 aromatic heterocycles. The number of rotatable bonds is 1. The van der Waals surface area contributed by atoms with Gasteiger partial charge in [0.25, 0.3) is 0 Å². The van der Waals surface area contributed by atoms with E-state index in [9.17, 15) is 0 Å². The van der Waals surface area contributed by atoms with Gasteiger partial charge >= 0.3 is 0 Å². The molecule has 100 valence electrons. The zero-order chi connectivity index (χ0) is 13.5. The molecule has 0 unspecified atom stereocenters. The lowest BCUT2D eigenvalue weighted by Crippen LogP contribution is -2.06. The molecule has 0 aliphatic heterocycles. The molecular weight excluding hydrogens is 310 g/mol. The van der Waals surface area contributed by atoms with Crippen LogP contribution in [0.2, 0.25) is 0 Å². The van der Waals surface area contributed by atoms with Gasteiger partial charge in [-0.25, -0.2) is 0 Å². The van der Waals surface area contributed by atoms with E-state index < -0.39 is 0 Å². The van der Waals surface area contributed by atoms with Crippen molar-refractivity contribution in [3.8, 4) is 5.69 Å². The third-order valence-corrected chi connectivity index (χ3v) is 4.92. The van der Waals surface area contributed by atoms with Crippen LogP contribution < -0.4 is 0 Å². The molecule has 0 saturated heterocycles. The van der Waals surface area contributed by atoms with Crippen molar-refractivity contribution in [3.05, 3.63) is 64.3 Å². The Balaban J connectivity index is 2.12. The van der Waals surface area contributed by atoms with Crippen molar-refractivity contribution in [2.24, 2.45) is 0 Å². The minimum atomic E-state index is 1.19. The fraction of sp³-hybridized carbons (Fsp3) is 0.222. The van der Waals surface area contributed by atoms with E-state index in [0.29, 0.717) is 0 Å². The number of hydrogen-bond acceptors (Lipinski definition) is 0. The Labute approximate surface area is 127 Å². The van der Waals surface area contributed by atoms with E-state index in [0.717, 1.165) is 0 Å². The van der Waals surface area contributed by atoms with Gasteiger partial charge in [0.2, 0.25) is 0 Å². The Bertz CT molecular complexity index is 771. The summed E-state index contributed by atoms with van der Waals surface area (Å²) in [5.74, 6) is 0. The van der Waals surface area contributed by atoms with Crippen molar-refractivity contribution in [1.29, 1.82) is 0 Å². The van der Waals surface area contributed by atoms with Gasteiger partial charge < -0.3 is 4.57 Å². The molecule has 1 aliphatic rings. The third-order valence-electron chi connectivity index (χ3n) is 4.26. The number of nitrogens with zero attached hydrogens (tertiary/aromatic N) is 1. The van der Waals surface area contributed by atoms with Crippen molar-refractivity contribution >= 4 is 26.8 Å². The minimum Gasteiger partial charge on any atom is -0.313 e. The van der Waals surface area contributed by atoms with Crippen molar-refractivity contribution in [1.82, 2.24) is 4.57 Å². The summed E-state index contributed by atoms with van der Waals surface area (Å²) in [5.41, 5.74) is 5.66. The van der Waals surface area contributed by atoms with Gasteiger partial charge in [-0.1, -0.05) is 40.2 Å². The Morgan fingerprint density at radius 1 is 0.850 bits per heavy atom. The average molecular weight is 326 g/mol. The highest BCUT2D eigenvalue weighted by atomic mass is 79.9. The van der Waals surface area contributed by atoms with Crippen LogP contribution in [-0.4, -0.2) is 4.57 Å². The van der Waals surface area contributed by atoms with Crippen LogP contribution in [0.3, 0.4) is 0 Å². The SMILES string of the molecule is Brc1cccc2c1c1c(n2-c2ccccc2)CCCC1. The Morgan fingerprint density at radius 2 is 1.65 bits per heavy atom. The molecule has 0 bridgehead atoms. The van der Waals surface area contributed by atoms with Gasteiger partial charge in [0.05, 0.1) is 5.52 Å². The fourth-order valence-electron chi connectivity index (χ4n) is 3.42. The summed E-state index contributed by atoms with van der Waals surface area (Å²) >= 11 is 3.75. The van der Waals surface area contributed by atoms with Gasteiger partial charge in [0, 0.05) is 21.2 Å². The maximum atomic E-state index is 3.75. The van der Waals surface area contributed by atoms with Crippen molar-refractivity contribution in [3.63, 3.8) is 0 Å². The highest BCUT2D eigenvalue weighted by Crippen LogP contribution is 2.38. The van der Waals surface area contributed by atoms with E-state index >= 15 is 0 Å². The zero-order valence-corrected chi connectivity index (χ0v) is 12.9. The second kappa shape index (κ2) is 4.78. The summed E-state index contributed by atoms with van der Waals surface area (Å²) in [6, 6.07) is 17.3. The smallest absolute Gasteiger partial charge is 0.0545 e. The van der Waals surface area contributed by atoms with Gasteiger partial charge in [-0.05, 0) is 55.5 Å². The lowest BCUT2D eigenvalue weighted by atomic mass is 9.95. The highest BCUT2D eigenvalue weighted by Gasteiger charge is 2.21. The van der Waals surface area contributed by atoms with Crippen LogP contribution in [-0.2, 0) is 12.8 Å². The largest absolute Gasteiger partial charge is 0.313 e. The molecule has 2 aromatic carbocycles. The van der Waals surface area contributed by atoms with Crippen molar-refractivity contribution in [2.45, 2.75) is 25.7 Å². The summed E-state index contributed by atoms with van der Waals surface area (Å²) in [7, 11) is 0. The summed E-state index contributed by atoms with van der Waals surface area (Å²) in [6.07, 6.45) is 5.00. The molecular formula is C18H16BrN. The fourth-order valence-corrected chi connectivity index (χ4v) is 4.02. The minimum absolute atomic E-state index is 1.19. The molecule has 0 N–H and O–H groups in total. The third kappa shape index (κ3) is 1.75. The first-order valence-corrected chi connectivity index (χ1v) is 8.01. The summed E-state index contributed by atoms with van der Waals surface area (Å²) < 4.78 is 3.68. The first kappa shape index (κ1) is 12.2. The molecule has 1 nitrogen and oxygen atoms in total. The van der Waals surface area contributed by atoms with E-state index in [-0.39, 0.29) is 0 Å². The van der Waals surface area contributed by atoms with Gasteiger partial charge in [0.15, 0.2) is 0 Å². The average Bonchev–Trinajstić information content (AvgIpc) is 2.84. The molecule has 3 aromatic rings. The van der Waals surface area contributed by atoms with Gasteiger partial charge in [-0.2, -0.15) is 0 Å². The van der Waals surface area contributed by atoms with Crippen LogP contribution in [0.25, 0.3) is 16.6 Å². The number of fused-ring (bicyclic) bond motifs is 3. The van der Waals surface area contributed by atoms with E-state index in [1.54, 1.807) is 5.56 Å². The van der Waals surface area contributed by atoms with Gasteiger partial charge in [-0.3, -0.25) is 0 Å². The molecule has 1 heterocycles. The van der Waals surface area contributed by atoms with Crippen LogP contribution in [0.4, 0.5) is 0 Å². The highest BCUT2D eigenvalue weighted by molar-refractivity contribution is 9.10. The molecule has 4 rings (SSSR count). The number of halogens is 1. The van der Waals surface area contributed by atoms with E-state index in [1.165, 1.54) is 52.4 Å². The normalized spacial score (nSPS) is 14.4. The molecule has 0 atom stereocenters. The first-order chi connectivity index (χ1) is 9.86. The second-order valence-electron chi connectivity index (χ2n) is 5.44. The van der Waals surface area contributed by atoms with Crippen molar-refractivity contribution in [2.75, 3.05) is 0 Å². The van der Waals surface area contributed by atoms with E-state index in [1.807, 2.05) is 0 Å². The number of aryl methyl sites for hydroxylation is 1. The molecule has 0 fully saturated rings. The molecule has 2 heteroatoms. The first-order valence-electron chi connectivity index (χ1n) is 7.22. The second-order valence-corrected chi connectivity index (χ2v) is 6.29. The number of hydrogen-bond donors (Lipinski definition) is 0. The Kier molecular flexibility index (Phi) is 2.92. The molecule has 0 amide bonds. The monoisotopic (exact) mass is 325 g/mol. The van der Waals surface area contributed by atoms with Gasteiger partial charge in [0.1, 0.15) is 0 Å². The van der Waals surface area contributed by atoms with Crippen LogP contribution in [0.15, 0.2) is 53.0 Å². The van der Waals surface area contributed by atoms with Crippen LogP contribution in [0.1, 0.15) is 24.1 Å². The standard InChI is InChI=1S/C18H16BrN/c19-15-10-6-12-17-18(15)14-9-4-5-11-16(14)20(17)13-7-2-1-3-8-13/h1-3,6-8,10,12H,4-5,9,11H2. The molecule has 0 saturated carbocycles. The van der Waals surface area contributed by atoms with Crippen LogP contribution in [0, 0.1) is 0 Å². The predicted molar refractivity (Wildman–Crippen MR) is 87.6 cm³/mol. The molecule has 0 radical (unpaired) electrons. The van der Waals surface area contributed by atoms with Crippen LogP contribution >= 0.6 is 15.9 Å². The summed E-state index contributed by atoms with van der Waals surface area (Å²) in [5, 5.41) is 1.41. The maximum absolute atomic E-state index is 3.75. The van der Waals surface area contributed by atoms with Crippen molar-refractivity contribution < 1.29 is 0 Å². The summed E-state index contributed by atoms with van der Waals surface area (Å²) in [6.45, 7) is 0. The van der Waals surface area contributed by atoms with E-state index in [4.69, 9.17) is 0 Å². The lowest BCUT2D eigenvalue weighted by Gasteiger charge is -2.16. The summed E-state index contributed by atoms with van der Waals surface area (Å²) in [4.78, 5) is 0. The maximum Gasteiger partial charge on any atom is 0.0545 e. The predicted octanol–water partition coefficient (Wildman–Crippen LogP) is 5.27. The zero-order valence-electron chi connectivity index (χ0n) is 11.3. The number of aromatic nitrogens is 1. The topological polar surface area (TPSA) is 4.93 Å². The van der Waals surface area contributed by atoms with E-state index in [2.05, 4.69) is 69.0 Å². The number of benzene rings is 2. The number of para-hydroxylation sites is 1. The quantitative estimate of drug-likeness (QED) is 0.574. The van der Waals surface area contributed by atoms with Gasteiger partial charge in [-0.15, -0.1) is 0 Å². The molecule has 0 spiro atoms. The lowest BCUT2D eigenvalue weighted by molar-refractivity contribution is 0.667. The Hall–Kier alpha value is -1.54. The Morgan fingerprint density at radius 3 is 2.50 bits per heavy atom. The van der Waals surface area contributed by atoms with Crippen LogP contribution in [0.5, 0.6) is 0 Å². The molecule has 20 heavy (non-hydrogen) atoms.